The Morgan fingerprint density at radius 2 is 1.85 bits per heavy atom. The van der Waals surface area contributed by atoms with Crippen molar-refractivity contribution in [2.45, 2.75) is 58.7 Å². The van der Waals surface area contributed by atoms with Crippen LogP contribution in [-0.4, -0.2) is 74.5 Å². The summed E-state index contributed by atoms with van der Waals surface area (Å²) in [4.78, 5) is 36.9. The highest BCUT2D eigenvalue weighted by molar-refractivity contribution is 6.03. The number of rotatable bonds is 10. The summed E-state index contributed by atoms with van der Waals surface area (Å²) >= 11 is 0. The van der Waals surface area contributed by atoms with E-state index in [1.54, 1.807) is 18.6 Å². The number of likely N-dealkylation sites (tertiary alicyclic amines) is 1. The van der Waals surface area contributed by atoms with E-state index in [1.165, 1.54) is 0 Å². The van der Waals surface area contributed by atoms with Crippen LogP contribution in [0.15, 0.2) is 73.3 Å². The van der Waals surface area contributed by atoms with E-state index in [0.29, 0.717) is 24.5 Å². The summed E-state index contributed by atoms with van der Waals surface area (Å²) < 4.78 is 12.9. The molecule has 1 atom stereocenters. The normalized spacial score (nSPS) is 15.3. The molecule has 11 nitrogen and oxygen atoms in total. The van der Waals surface area contributed by atoms with Gasteiger partial charge in [-0.15, -0.1) is 0 Å². The highest BCUT2D eigenvalue weighted by Gasteiger charge is 2.24. The third kappa shape index (κ3) is 9.15. The van der Waals surface area contributed by atoms with Gasteiger partial charge < -0.3 is 29.8 Å². The molecule has 1 saturated heterocycles. The van der Waals surface area contributed by atoms with Crippen molar-refractivity contribution in [1.82, 2.24) is 24.8 Å². The van der Waals surface area contributed by atoms with Gasteiger partial charge in [0.15, 0.2) is 0 Å². The van der Waals surface area contributed by atoms with E-state index >= 15 is 0 Å². The zero-order valence-corrected chi connectivity index (χ0v) is 26.8. The number of carbonyl (C=O) groups excluding carboxylic acids is 2. The predicted octanol–water partition coefficient (Wildman–Crippen LogP) is 5.36. The number of hydrogen-bond acceptors (Lipinski definition) is 8. The molecule has 11 heteroatoms. The fourth-order valence-corrected chi connectivity index (χ4v) is 5.43. The number of aryl methyl sites for hydroxylation is 1. The minimum atomic E-state index is -0.551. The van der Waals surface area contributed by atoms with Crippen molar-refractivity contribution in [2.24, 2.45) is 0 Å². The SMILES string of the molecule is Cc1cn(-c2cc(CN3CCC[C@H](NC(=O)OC(C)(C)C)C3)cc(NC(=O)c3cc(-c4ccc(OCCO)cc4)ccn3)c2)cn1. The molecule has 1 aliphatic heterocycles. The van der Waals surface area contributed by atoms with Crippen LogP contribution in [0.5, 0.6) is 5.75 Å². The summed E-state index contributed by atoms with van der Waals surface area (Å²) in [5, 5.41) is 15.1. The number of amides is 2. The van der Waals surface area contributed by atoms with Crippen LogP contribution in [0.3, 0.4) is 0 Å². The van der Waals surface area contributed by atoms with E-state index in [1.807, 2.05) is 80.9 Å². The van der Waals surface area contributed by atoms with Crippen molar-refractivity contribution >= 4 is 17.7 Å². The Labute approximate surface area is 269 Å². The number of hydrogen-bond donors (Lipinski definition) is 3. The van der Waals surface area contributed by atoms with Gasteiger partial charge in [-0.3, -0.25) is 14.7 Å². The number of nitrogens with zero attached hydrogens (tertiary/aromatic N) is 4. The van der Waals surface area contributed by atoms with Gasteiger partial charge in [0, 0.05) is 42.9 Å². The first-order valence-corrected chi connectivity index (χ1v) is 15.5. The topological polar surface area (TPSA) is 131 Å². The van der Waals surface area contributed by atoms with Crippen molar-refractivity contribution in [3.8, 4) is 22.6 Å². The number of carbonyl (C=O) groups is 2. The Morgan fingerprint density at radius 1 is 1.04 bits per heavy atom. The summed E-state index contributed by atoms with van der Waals surface area (Å²) in [6, 6.07) is 17.0. The molecule has 0 aliphatic carbocycles. The Balaban J connectivity index is 1.32. The monoisotopic (exact) mass is 626 g/mol. The number of nitrogens with one attached hydrogen (secondary N) is 2. The zero-order valence-electron chi connectivity index (χ0n) is 26.8. The van der Waals surface area contributed by atoms with Gasteiger partial charge in [-0.2, -0.15) is 0 Å². The Kier molecular flexibility index (Phi) is 10.3. The molecule has 1 aliphatic rings. The quantitative estimate of drug-likeness (QED) is 0.215. The molecule has 2 amide bonds. The van der Waals surface area contributed by atoms with Gasteiger partial charge in [0.1, 0.15) is 23.7 Å². The van der Waals surface area contributed by atoms with Gasteiger partial charge in [0.25, 0.3) is 5.91 Å². The van der Waals surface area contributed by atoms with Gasteiger partial charge in [0.2, 0.25) is 0 Å². The van der Waals surface area contributed by atoms with Crippen LogP contribution in [0.2, 0.25) is 0 Å². The lowest BCUT2D eigenvalue weighted by atomic mass is 10.0. The van der Waals surface area contributed by atoms with Crippen LogP contribution in [0, 0.1) is 6.92 Å². The molecule has 3 N–H and O–H groups in total. The number of aromatic nitrogens is 3. The largest absolute Gasteiger partial charge is 0.491 e. The number of piperidine rings is 1. The van der Waals surface area contributed by atoms with E-state index in [2.05, 4.69) is 31.6 Å². The van der Waals surface area contributed by atoms with E-state index in [-0.39, 0.29) is 30.9 Å². The lowest BCUT2D eigenvalue weighted by Crippen LogP contribution is -2.48. The molecular weight excluding hydrogens is 584 g/mol. The Hall–Kier alpha value is -4.74. The fourth-order valence-electron chi connectivity index (χ4n) is 5.43. The number of aliphatic hydroxyl groups excluding tert-OH is 1. The maximum Gasteiger partial charge on any atom is 0.407 e. The average Bonchev–Trinajstić information content (AvgIpc) is 3.46. The Morgan fingerprint density at radius 3 is 2.57 bits per heavy atom. The molecule has 4 aromatic rings. The van der Waals surface area contributed by atoms with Crippen LogP contribution >= 0.6 is 0 Å². The average molecular weight is 627 g/mol. The van der Waals surface area contributed by atoms with Crippen LogP contribution in [-0.2, 0) is 11.3 Å². The maximum atomic E-state index is 13.5. The first kappa shape index (κ1) is 32.6. The number of aliphatic hydroxyl groups is 1. The molecular formula is C35H42N6O5. The second-order valence-electron chi connectivity index (χ2n) is 12.5. The van der Waals surface area contributed by atoms with Gasteiger partial charge in [-0.25, -0.2) is 9.78 Å². The van der Waals surface area contributed by atoms with E-state index in [9.17, 15) is 9.59 Å². The van der Waals surface area contributed by atoms with Crippen molar-refractivity contribution in [3.63, 3.8) is 0 Å². The molecule has 5 rings (SSSR count). The minimum Gasteiger partial charge on any atom is -0.491 e. The Bertz CT molecular complexity index is 1650. The molecule has 0 unspecified atom stereocenters. The maximum absolute atomic E-state index is 13.5. The van der Waals surface area contributed by atoms with Crippen LogP contribution in [0.4, 0.5) is 10.5 Å². The van der Waals surface area contributed by atoms with Crippen molar-refractivity contribution in [2.75, 3.05) is 31.6 Å². The molecule has 0 bridgehead atoms. The van der Waals surface area contributed by atoms with Gasteiger partial charge >= 0.3 is 6.09 Å². The van der Waals surface area contributed by atoms with Gasteiger partial charge in [0.05, 0.1) is 18.6 Å². The minimum absolute atomic E-state index is 0.00938. The number of imidazole rings is 1. The van der Waals surface area contributed by atoms with E-state index in [0.717, 1.165) is 47.5 Å². The van der Waals surface area contributed by atoms with Gasteiger partial charge in [-0.05, 0) is 106 Å². The summed E-state index contributed by atoms with van der Waals surface area (Å²) in [6.45, 7) is 9.91. The number of benzene rings is 2. The molecule has 0 saturated carbocycles. The molecule has 0 radical (unpaired) electrons. The van der Waals surface area contributed by atoms with Crippen LogP contribution < -0.4 is 15.4 Å². The fraction of sp³-hybridized carbons (Fsp3) is 0.371. The lowest BCUT2D eigenvalue weighted by Gasteiger charge is -2.33. The highest BCUT2D eigenvalue weighted by atomic mass is 16.6. The lowest BCUT2D eigenvalue weighted by molar-refractivity contribution is 0.0470. The predicted molar refractivity (Wildman–Crippen MR) is 176 cm³/mol. The molecule has 2 aromatic carbocycles. The van der Waals surface area contributed by atoms with E-state index < -0.39 is 11.7 Å². The van der Waals surface area contributed by atoms with Crippen molar-refractivity contribution in [1.29, 1.82) is 0 Å². The van der Waals surface area contributed by atoms with Crippen molar-refractivity contribution < 1.29 is 24.2 Å². The standard InChI is InChI=1S/C35H42N6O5/c1-24-20-41(23-37-24)30-17-25(21-40-13-5-6-28(22-40)39-34(44)46-35(2,3)4)16-29(19-30)38-33(43)32-18-27(11-12-36-32)26-7-9-31(10-8-26)45-15-14-42/h7-12,16-20,23,28,42H,5-6,13-15,21-22H2,1-4H3,(H,38,43)(H,39,44)/t28-/m0/s1. The van der Waals surface area contributed by atoms with Gasteiger partial charge in [-0.1, -0.05) is 12.1 Å². The van der Waals surface area contributed by atoms with Crippen molar-refractivity contribution in [3.05, 3.63) is 90.3 Å². The third-order valence-corrected chi connectivity index (χ3v) is 7.42. The number of anilines is 1. The number of pyridine rings is 1. The van der Waals surface area contributed by atoms with Crippen LogP contribution in [0.25, 0.3) is 16.8 Å². The molecule has 3 heterocycles. The molecule has 46 heavy (non-hydrogen) atoms. The number of alkyl carbamates (subject to hydrolysis) is 1. The summed E-state index contributed by atoms with van der Waals surface area (Å²) in [5.41, 5.74) is 4.91. The smallest absolute Gasteiger partial charge is 0.407 e. The van der Waals surface area contributed by atoms with Crippen LogP contribution in [0.1, 0.15) is 55.4 Å². The summed E-state index contributed by atoms with van der Waals surface area (Å²) in [5.74, 6) is 0.335. The third-order valence-electron chi connectivity index (χ3n) is 7.42. The summed E-state index contributed by atoms with van der Waals surface area (Å²) in [7, 11) is 0. The molecule has 242 valence electrons. The van der Waals surface area contributed by atoms with E-state index in [4.69, 9.17) is 14.6 Å². The first-order valence-electron chi connectivity index (χ1n) is 15.5. The number of ether oxygens (including phenoxy) is 2. The zero-order chi connectivity index (χ0) is 32.7. The molecule has 2 aromatic heterocycles. The molecule has 0 spiro atoms. The second-order valence-corrected chi connectivity index (χ2v) is 12.5. The summed E-state index contributed by atoms with van der Waals surface area (Å²) in [6.07, 6.45) is 6.76. The second kappa shape index (κ2) is 14.6. The first-order chi connectivity index (χ1) is 22.0. The highest BCUT2D eigenvalue weighted by Crippen LogP contribution is 2.25. The molecule has 1 fully saturated rings.